The Labute approximate surface area is 129 Å². The van der Waals surface area contributed by atoms with Crippen LogP contribution in [0.25, 0.3) is 20.7 Å². The minimum absolute atomic E-state index is 0.269. The number of fused-ring (bicyclic) bond motifs is 1. The summed E-state index contributed by atoms with van der Waals surface area (Å²) in [6.07, 6.45) is 0.269. The Balaban J connectivity index is 2.16. The van der Waals surface area contributed by atoms with Crippen LogP contribution in [-0.4, -0.2) is 26.1 Å². The standard InChI is InChI=1S/C15H13N3O3S/c1-2-11(15(20)21)18-14(19)10-8-12(22-13(10)16-17-18)9-6-4-3-5-7-9/h3-8,11H,2H2,1H3,(H,20,21). The van der Waals surface area contributed by atoms with Gasteiger partial charge in [0.2, 0.25) is 0 Å². The van der Waals surface area contributed by atoms with Crippen LogP contribution >= 0.6 is 11.3 Å². The highest BCUT2D eigenvalue weighted by Crippen LogP contribution is 2.30. The first-order valence-corrected chi connectivity index (χ1v) is 7.60. The second kappa shape index (κ2) is 5.69. The molecule has 7 heteroatoms. The Kier molecular flexibility index (Phi) is 3.72. The number of benzene rings is 1. The van der Waals surface area contributed by atoms with Gasteiger partial charge < -0.3 is 5.11 Å². The average molecular weight is 315 g/mol. The van der Waals surface area contributed by atoms with Crippen LogP contribution in [-0.2, 0) is 4.79 Å². The van der Waals surface area contributed by atoms with Crippen molar-refractivity contribution in [1.82, 2.24) is 15.0 Å². The molecule has 1 unspecified atom stereocenters. The lowest BCUT2D eigenvalue weighted by molar-refractivity contribution is -0.141. The first kappa shape index (κ1) is 14.4. The highest BCUT2D eigenvalue weighted by molar-refractivity contribution is 7.21. The number of carboxylic acid groups (broad SMARTS) is 1. The van der Waals surface area contributed by atoms with Crippen LogP contribution in [0.4, 0.5) is 0 Å². The lowest BCUT2D eigenvalue weighted by atomic mass is 10.2. The normalized spacial score (nSPS) is 12.4. The van der Waals surface area contributed by atoms with Gasteiger partial charge in [0.15, 0.2) is 10.9 Å². The fourth-order valence-corrected chi connectivity index (χ4v) is 3.24. The Morgan fingerprint density at radius 2 is 2.09 bits per heavy atom. The summed E-state index contributed by atoms with van der Waals surface area (Å²) < 4.78 is 0.951. The van der Waals surface area contributed by atoms with Gasteiger partial charge in [-0.25, -0.2) is 4.79 Å². The van der Waals surface area contributed by atoms with Crippen LogP contribution in [0.1, 0.15) is 19.4 Å². The van der Waals surface area contributed by atoms with Crippen LogP contribution < -0.4 is 5.56 Å². The zero-order valence-corrected chi connectivity index (χ0v) is 12.6. The van der Waals surface area contributed by atoms with Crippen molar-refractivity contribution in [3.05, 3.63) is 46.8 Å². The van der Waals surface area contributed by atoms with Crippen LogP contribution in [0, 0.1) is 0 Å². The summed E-state index contributed by atoms with van der Waals surface area (Å²) in [4.78, 5) is 25.1. The highest BCUT2D eigenvalue weighted by Gasteiger charge is 2.22. The number of hydrogen-bond acceptors (Lipinski definition) is 5. The van der Waals surface area contributed by atoms with E-state index in [1.54, 1.807) is 13.0 Å². The number of hydrogen-bond donors (Lipinski definition) is 1. The van der Waals surface area contributed by atoms with Gasteiger partial charge in [0, 0.05) is 4.88 Å². The molecule has 1 aromatic carbocycles. The zero-order chi connectivity index (χ0) is 15.7. The quantitative estimate of drug-likeness (QED) is 0.799. The molecule has 1 N–H and O–H groups in total. The highest BCUT2D eigenvalue weighted by atomic mass is 32.1. The second-order valence-corrected chi connectivity index (χ2v) is 5.83. The second-order valence-electron chi connectivity index (χ2n) is 4.80. The number of aliphatic carboxylic acids is 1. The fraction of sp³-hybridized carbons (Fsp3) is 0.200. The molecule has 0 aliphatic rings. The van der Waals surface area contributed by atoms with E-state index in [0.29, 0.717) is 10.2 Å². The molecular formula is C15H13N3O3S. The van der Waals surface area contributed by atoms with Gasteiger partial charge in [0.05, 0.1) is 5.39 Å². The summed E-state index contributed by atoms with van der Waals surface area (Å²) in [6, 6.07) is 10.4. The molecule has 0 fully saturated rings. The van der Waals surface area contributed by atoms with Crippen molar-refractivity contribution in [2.75, 3.05) is 0 Å². The van der Waals surface area contributed by atoms with E-state index in [2.05, 4.69) is 10.3 Å². The molecule has 0 amide bonds. The van der Waals surface area contributed by atoms with Crippen molar-refractivity contribution in [3.63, 3.8) is 0 Å². The van der Waals surface area contributed by atoms with Gasteiger partial charge in [-0.3, -0.25) is 4.79 Å². The van der Waals surface area contributed by atoms with Crippen molar-refractivity contribution in [2.24, 2.45) is 0 Å². The maximum atomic E-state index is 12.5. The van der Waals surface area contributed by atoms with E-state index in [0.717, 1.165) is 15.1 Å². The molecule has 0 spiro atoms. The minimum atomic E-state index is -1.09. The molecule has 0 bridgehead atoms. The maximum Gasteiger partial charge on any atom is 0.328 e. The minimum Gasteiger partial charge on any atom is -0.480 e. The van der Waals surface area contributed by atoms with Gasteiger partial charge in [-0.15, -0.1) is 16.4 Å². The summed E-state index contributed by atoms with van der Waals surface area (Å²) in [5, 5.41) is 17.4. The monoisotopic (exact) mass is 315 g/mol. The average Bonchev–Trinajstić information content (AvgIpc) is 2.96. The molecule has 0 radical (unpaired) electrons. The van der Waals surface area contributed by atoms with Gasteiger partial charge in [-0.2, -0.15) is 4.68 Å². The summed E-state index contributed by atoms with van der Waals surface area (Å²) in [6.45, 7) is 1.69. The van der Waals surface area contributed by atoms with Crippen molar-refractivity contribution < 1.29 is 9.90 Å². The molecule has 6 nitrogen and oxygen atoms in total. The molecule has 2 heterocycles. The molecule has 112 valence electrons. The first-order chi connectivity index (χ1) is 10.6. The number of carbonyl (C=O) groups is 1. The largest absolute Gasteiger partial charge is 0.480 e. The molecule has 3 rings (SSSR count). The van der Waals surface area contributed by atoms with E-state index in [-0.39, 0.29) is 6.42 Å². The van der Waals surface area contributed by atoms with E-state index in [1.165, 1.54) is 11.3 Å². The Morgan fingerprint density at radius 3 is 2.73 bits per heavy atom. The van der Waals surface area contributed by atoms with Crippen molar-refractivity contribution >= 4 is 27.5 Å². The number of thiophene rings is 1. The number of carboxylic acids is 1. The molecule has 0 saturated heterocycles. The zero-order valence-electron chi connectivity index (χ0n) is 11.8. The fourth-order valence-electron chi connectivity index (χ4n) is 2.26. The predicted octanol–water partition coefficient (Wildman–Crippen LogP) is 2.56. The van der Waals surface area contributed by atoms with Crippen LogP contribution in [0.2, 0.25) is 0 Å². The van der Waals surface area contributed by atoms with E-state index in [1.807, 2.05) is 30.3 Å². The van der Waals surface area contributed by atoms with Gasteiger partial charge in [-0.1, -0.05) is 42.5 Å². The Morgan fingerprint density at radius 1 is 1.36 bits per heavy atom. The van der Waals surface area contributed by atoms with Gasteiger partial charge in [-0.05, 0) is 18.1 Å². The Hall–Kier alpha value is -2.54. The molecule has 2 aromatic heterocycles. The van der Waals surface area contributed by atoms with Crippen LogP contribution in [0.3, 0.4) is 0 Å². The van der Waals surface area contributed by atoms with E-state index >= 15 is 0 Å². The lowest BCUT2D eigenvalue weighted by Gasteiger charge is -2.10. The van der Waals surface area contributed by atoms with Crippen LogP contribution in [0.5, 0.6) is 0 Å². The Bertz CT molecular complexity index is 886. The van der Waals surface area contributed by atoms with E-state index in [4.69, 9.17) is 0 Å². The molecule has 1 atom stereocenters. The van der Waals surface area contributed by atoms with Crippen molar-refractivity contribution in [3.8, 4) is 10.4 Å². The third-order valence-corrected chi connectivity index (χ3v) is 4.48. The maximum absolute atomic E-state index is 12.5. The number of aromatic nitrogens is 3. The molecule has 0 saturated carbocycles. The third-order valence-electron chi connectivity index (χ3n) is 3.41. The van der Waals surface area contributed by atoms with E-state index in [9.17, 15) is 14.7 Å². The van der Waals surface area contributed by atoms with Crippen molar-refractivity contribution in [2.45, 2.75) is 19.4 Å². The smallest absolute Gasteiger partial charge is 0.328 e. The predicted molar refractivity (Wildman–Crippen MR) is 84.1 cm³/mol. The SMILES string of the molecule is CCC(C(=O)O)n1nnc2sc(-c3ccccc3)cc2c1=O. The molecule has 0 aliphatic carbocycles. The number of rotatable bonds is 4. The molecule has 0 aliphatic heterocycles. The molecule has 22 heavy (non-hydrogen) atoms. The molecular weight excluding hydrogens is 302 g/mol. The summed E-state index contributed by atoms with van der Waals surface area (Å²) in [5.41, 5.74) is 0.569. The lowest BCUT2D eigenvalue weighted by Crippen LogP contribution is -2.32. The summed E-state index contributed by atoms with van der Waals surface area (Å²) >= 11 is 1.37. The van der Waals surface area contributed by atoms with E-state index < -0.39 is 17.6 Å². The summed E-state index contributed by atoms with van der Waals surface area (Å²) in [5.74, 6) is -1.09. The van der Waals surface area contributed by atoms with Gasteiger partial charge >= 0.3 is 5.97 Å². The van der Waals surface area contributed by atoms with Gasteiger partial charge in [0.1, 0.15) is 0 Å². The topological polar surface area (TPSA) is 85.1 Å². The van der Waals surface area contributed by atoms with Crippen molar-refractivity contribution in [1.29, 1.82) is 0 Å². The molecule has 3 aromatic rings. The third kappa shape index (κ3) is 2.39. The first-order valence-electron chi connectivity index (χ1n) is 6.79. The van der Waals surface area contributed by atoms with Gasteiger partial charge in [0.25, 0.3) is 5.56 Å². The van der Waals surface area contributed by atoms with Crippen LogP contribution in [0.15, 0.2) is 41.2 Å². The summed E-state index contributed by atoms with van der Waals surface area (Å²) in [7, 11) is 0. The number of nitrogens with zero attached hydrogens (tertiary/aromatic N) is 3.